The monoisotopic (exact) mass is 493 g/mol. The number of esters is 1. The molecule has 0 saturated carbocycles. The van der Waals surface area contributed by atoms with Gasteiger partial charge in [0.1, 0.15) is 23.7 Å². The number of rotatable bonds is 7. The second-order valence-electron chi connectivity index (χ2n) is 6.96. The molecule has 2 aliphatic rings. The second-order valence-corrected chi connectivity index (χ2v) is 9.56. The number of nitrogens with one attached hydrogen (secondary N) is 1. The minimum absolute atomic E-state index is 0.0360. The van der Waals surface area contributed by atoms with Crippen molar-refractivity contribution < 1.29 is 24.0 Å². The first-order valence-corrected chi connectivity index (χ1v) is 11.7. The van der Waals surface area contributed by atoms with Crippen LogP contribution >= 0.6 is 34.7 Å². The zero-order valence-corrected chi connectivity index (χ0v) is 18.7. The number of nitrogens with zero attached hydrogens (tertiary/aromatic N) is 2. The Morgan fingerprint density at radius 2 is 2.03 bits per heavy atom. The summed E-state index contributed by atoms with van der Waals surface area (Å²) in [6.45, 7) is -0.134. The zero-order chi connectivity index (χ0) is 22.8. The number of carbonyl (C=O) groups excluding carboxylic acids is 3. The quantitative estimate of drug-likeness (QED) is 0.272. The number of β-lactam (4-membered cyclic amide) rings is 1. The molecule has 12 heteroatoms. The van der Waals surface area contributed by atoms with Crippen molar-refractivity contribution in [2.45, 2.75) is 24.4 Å². The third-order valence-corrected chi connectivity index (χ3v) is 7.49. The number of ether oxygens (including phenoxy) is 1. The van der Waals surface area contributed by atoms with Gasteiger partial charge in [0.2, 0.25) is 5.91 Å². The summed E-state index contributed by atoms with van der Waals surface area (Å²) in [6.07, 6.45) is 0.180. The summed E-state index contributed by atoms with van der Waals surface area (Å²) in [5, 5.41) is 15.1. The van der Waals surface area contributed by atoms with E-state index in [2.05, 4.69) is 5.32 Å². The predicted octanol–water partition coefficient (Wildman–Crippen LogP) is 2.79. The van der Waals surface area contributed by atoms with Crippen molar-refractivity contribution in [1.82, 2.24) is 10.2 Å². The smallest absolute Gasteiger partial charge is 0.356 e. The highest BCUT2D eigenvalue weighted by atomic mass is 35.5. The molecule has 3 heterocycles. The van der Waals surface area contributed by atoms with Crippen LogP contribution in [0.2, 0.25) is 0 Å². The molecular weight excluding hydrogens is 478 g/mol. The van der Waals surface area contributed by atoms with Gasteiger partial charge in [0.05, 0.1) is 16.4 Å². The number of carbonyl (C=O) groups is 3. The molecule has 1 saturated heterocycles. The average Bonchev–Trinajstić information content (AvgIpc) is 3.28. The van der Waals surface area contributed by atoms with E-state index >= 15 is 0 Å². The number of fused-ring (bicyclic) bond motifs is 1. The third kappa shape index (κ3) is 4.50. The lowest BCUT2D eigenvalue weighted by molar-refractivity contribution is -0.384. The van der Waals surface area contributed by atoms with E-state index in [1.165, 1.54) is 52.3 Å². The number of thiophene rings is 1. The molecule has 4 rings (SSSR count). The minimum atomic E-state index is -0.768. The van der Waals surface area contributed by atoms with Crippen molar-refractivity contribution in [3.8, 4) is 0 Å². The van der Waals surface area contributed by atoms with Gasteiger partial charge in [0, 0.05) is 22.8 Å². The Morgan fingerprint density at radius 3 is 2.69 bits per heavy atom. The number of hydrogen-bond donors (Lipinski definition) is 1. The van der Waals surface area contributed by atoms with Crippen molar-refractivity contribution in [3.05, 3.63) is 73.1 Å². The maximum Gasteiger partial charge on any atom is 0.356 e. The van der Waals surface area contributed by atoms with Crippen molar-refractivity contribution in [3.63, 3.8) is 0 Å². The van der Waals surface area contributed by atoms with Gasteiger partial charge in [-0.1, -0.05) is 17.7 Å². The molecule has 2 amide bonds. The number of thioether (sulfide) groups is 1. The summed E-state index contributed by atoms with van der Waals surface area (Å²) in [7, 11) is 0. The lowest BCUT2D eigenvalue weighted by Crippen LogP contribution is -2.70. The summed E-state index contributed by atoms with van der Waals surface area (Å²) >= 11 is 9.04. The Kier molecular flexibility index (Phi) is 6.49. The maximum absolute atomic E-state index is 12.7. The number of hydrogen-bond acceptors (Lipinski definition) is 8. The highest BCUT2D eigenvalue weighted by Gasteiger charge is 2.54. The van der Waals surface area contributed by atoms with Gasteiger partial charge >= 0.3 is 5.97 Å². The van der Waals surface area contributed by atoms with Crippen LogP contribution in [0.3, 0.4) is 0 Å². The number of nitro benzene ring substituents is 1. The van der Waals surface area contributed by atoms with Crippen LogP contribution in [-0.2, 0) is 32.1 Å². The fourth-order valence-corrected chi connectivity index (χ4v) is 5.55. The van der Waals surface area contributed by atoms with Gasteiger partial charge in [-0.3, -0.25) is 24.6 Å². The van der Waals surface area contributed by atoms with E-state index in [9.17, 15) is 24.5 Å². The van der Waals surface area contributed by atoms with Crippen molar-refractivity contribution in [1.29, 1.82) is 0 Å². The molecule has 166 valence electrons. The van der Waals surface area contributed by atoms with Crippen LogP contribution in [0.1, 0.15) is 10.4 Å². The summed E-state index contributed by atoms with van der Waals surface area (Å²) in [6, 6.07) is 8.53. The Labute approximate surface area is 195 Å². The molecule has 9 nitrogen and oxygen atoms in total. The standard InChI is InChI=1S/C20H16ClN3O6S2/c21-14-10-32-19-16(22-15(25)8-13-2-1-7-31-13)18(26)23(19)17(14)20(27)30-9-11-3-5-12(6-4-11)24(28)29/h1-7,16,19H,8-10H2,(H,22,25)/t16-,19-/m1/s1. The number of nitro groups is 1. The molecule has 1 N–H and O–H groups in total. The van der Waals surface area contributed by atoms with Crippen LogP contribution in [0, 0.1) is 10.1 Å². The first-order valence-electron chi connectivity index (χ1n) is 9.40. The molecule has 2 atom stereocenters. The third-order valence-electron chi connectivity index (χ3n) is 4.86. The molecule has 0 bridgehead atoms. The summed E-state index contributed by atoms with van der Waals surface area (Å²) in [5.74, 6) is -1.17. The largest absolute Gasteiger partial charge is 0.456 e. The average molecular weight is 494 g/mol. The topological polar surface area (TPSA) is 119 Å². The van der Waals surface area contributed by atoms with Crippen LogP contribution in [0.4, 0.5) is 5.69 Å². The summed E-state index contributed by atoms with van der Waals surface area (Å²) < 4.78 is 5.29. The van der Waals surface area contributed by atoms with E-state index in [0.29, 0.717) is 11.3 Å². The van der Waals surface area contributed by atoms with Crippen molar-refractivity contribution in [2.24, 2.45) is 0 Å². The molecular formula is C20H16ClN3O6S2. The number of benzene rings is 1. The van der Waals surface area contributed by atoms with Gasteiger partial charge in [-0.2, -0.15) is 0 Å². The van der Waals surface area contributed by atoms with E-state index in [4.69, 9.17) is 16.3 Å². The molecule has 1 aromatic heterocycles. The summed E-state index contributed by atoms with van der Waals surface area (Å²) in [5.41, 5.74) is 0.443. The van der Waals surface area contributed by atoms with Crippen LogP contribution in [0.5, 0.6) is 0 Å². The van der Waals surface area contributed by atoms with Crippen molar-refractivity contribution in [2.75, 3.05) is 5.75 Å². The van der Waals surface area contributed by atoms with E-state index in [0.717, 1.165) is 4.88 Å². The molecule has 1 aromatic carbocycles. The molecule has 0 unspecified atom stereocenters. The van der Waals surface area contributed by atoms with Crippen LogP contribution in [0.25, 0.3) is 0 Å². The molecule has 2 aliphatic heterocycles. The van der Waals surface area contributed by atoms with E-state index < -0.39 is 28.2 Å². The first kappa shape index (κ1) is 22.3. The fraction of sp³-hybridized carbons (Fsp3) is 0.250. The van der Waals surface area contributed by atoms with Gasteiger partial charge in [-0.25, -0.2) is 4.79 Å². The van der Waals surface area contributed by atoms with Crippen molar-refractivity contribution >= 4 is 58.2 Å². The number of halogens is 1. The van der Waals surface area contributed by atoms with Gasteiger partial charge in [-0.15, -0.1) is 23.1 Å². The van der Waals surface area contributed by atoms with Gasteiger partial charge < -0.3 is 10.1 Å². The molecule has 1 fully saturated rings. The predicted molar refractivity (Wildman–Crippen MR) is 119 cm³/mol. The number of amides is 2. The van der Waals surface area contributed by atoms with Gasteiger partial charge in [0.25, 0.3) is 11.6 Å². The highest BCUT2D eigenvalue weighted by Crippen LogP contribution is 2.41. The van der Waals surface area contributed by atoms with Crippen LogP contribution in [0.15, 0.2) is 52.5 Å². The molecule has 2 aromatic rings. The van der Waals surface area contributed by atoms with E-state index in [1.54, 1.807) is 0 Å². The van der Waals surface area contributed by atoms with Gasteiger partial charge in [-0.05, 0) is 29.1 Å². The first-order chi connectivity index (χ1) is 15.3. The van der Waals surface area contributed by atoms with E-state index in [-0.39, 0.29) is 35.4 Å². The summed E-state index contributed by atoms with van der Waals surface area (Å²) in [4.78, 5) is 50.0. The molecule has 0 radical (unpaired) electrons. The van der Waals surface area contributed by atoms with Crippen LogP contribution < -0.4 is 5.32 Å². The lowest BCUT2D eigenvalue weighted by Gasteiger charge is -2.49. The second kappa shape index (κ2) is 9.31. The molecule has 0 aliphatic carbocycles. The maximum atomic E-state index is 12.7. The number of non-ortho nitro benzene ring substituents is 1. The normalized spacial score (nSPS) is 19.8. The lowest BCUT2D eigenvalue weighted by atomic mass is 10.0. The van der Waals surface area contributed by atoms with Gasteiger partial charge in [0.15, 0.2) is 0 Å². The minimum Gasteiger partial charge on any atom is -0.456 e. The Balaban J connectivity index is 1.38. The Bertz CT molecular complexity index is 1100. The Morgan fingerprint density at radius 1 is 1.28 bits per heavy atom. The SMILES string of the molecule is O=C(Cc1cccs1)N[C@@H]1C(=O)N2C(C(=O)OCc3ccc([N+](=O)[O-])cc3)=C(Cl)CS[C@H]12. The Hall–Kier alpha value is -2.89. The highest BCUT2D eigenvalue weighted by molar-refractivity contribution is 8.00. The zero-order valence-electron chi connectivity index (χ0n) is 16.4. The molecule has 0 spiro atoms. The fourth-order valence-electron chi connectivity index (χ4n) is 3.30. The van der Waals surface area contributed by atoms with Crippen LogP contribution in [-0.4, -0.2) is 44.8 Å². The van der Waals surface area contributed by atoms with E-state index in [1.807, 2.05) is 17.5 Å². The molecule has 32 heavy (non-hydrogen) atoms.